The number of hydrogen-bond acceptors (Lipinski definition) is 7. The Morgan fingerprint density at radius 3 is 1.72 bits per heavy atom. The molecule has 0 bridgehead atoms. The molecule has 0 spiro atoms. The van der Waals surface area contributed by atoms with Gasteiger partial charge in [-0.2, -0.15) is 0 Å². The molecule has 11 N–H and O–H groups in total. The molecule has 3 atom stereocenters. The van der Waals surface area contributed by atoms with Gasteiger partial charge in [-0.3, -0.25) is 4.79 Å². The first-order chi connectivity index (χ1) is 18.8. The molecule has 0 aliphatic heterocycles. The molecule has 0 aliphatic carbocycles. The summed E-state index contributed by atoms with van der Waals surface area (Å²) in [6.45, 7) is 2.44. The fourth-order valence-electron chi connectivity index (χ4n) is 4.40. The summed E-state index contributed by atoms with van der Waals surface area (Å²) in [4.78, 5) is 11.1. The van der Waals surface area contributed by atoms with Crippen molar-refractivity contribution in [3.63, 3.8) is 0 Å². The van der Waals surface area contributed by atoms with E-state index >= 15 is 0 Å². The highest BCUT2D eigenvalue weighted by Crippen LogP contribution is 2.14. The van der Waals surface area contributed by atoms with Crippen molar-refractivity contribution < 1.29 is 20.1 Å². The number of carbonyl (C=O) groups is 1. The van der Waals surface area contributed by atoms with E-state index in [4.69, 9.17) is 16.6 Å². The summed E-state index contributed by atoms with van der Waals surface area (Å²) in [7, 11) is 0. The second-order valence-electron chi connectivity index (χ2n) is 10.0. The zero-order chi connectivity index (χ0) is 28.0. The van der Waals surface area contributed by atoms with Crippen LogP contribution in [0.4, 0.5) is 0 Å². The van der Waals surface area contributed by atoms with Crippen LogP contribution in [-0.4, -0.2) is 65.5 Å². The van der Waals surface area contributed by atoms with Gasteiger partial charge < -0.3 is 42.7 Å². The smallest absolute Gasteiger partial charge is 0.253 e. The van der Waals surface area contributed by atoms with Crippen LogP contribution < -0.4 is 27.4 Å². The van der Waals surface area contributed by atoms with Crippen molar-refractivity contribution in [3.05, 3.63) is 89.5 Å². The average molecular weight is 537 g/mol. The van der Waals surface area contributed by atoms with Gasteiger partial charge in [-0.1, -0.05) is 24.3 Å². The lowest BCUT2D eigenvalue weighted by molar-refractivity contribution is -0.117. The molecule has 3 aromatic carbocycles. The molecule has 0 aromatic heterocycles. The molecule has 0 radical (unpaired) electrons. The zero-order valence-corrected chi connectivity index (χ0v) is 22.3. The Balaban J connectivity index is 1.63. The van der Waals surface area contributed by atoms with E-state index in [2.05, 4.69) is 16.0 Å². The summed E-state index contributed by atoms with van der Waals surface area (Å²) in [5.41, 5.74) is 15.0. The van der Waals surface area contributed by atoms with Gasteiger partial charge in [0, 0.05) is 62.9 Å². The maximum atomic E-state index is 11.1. The number of phenols is 2. The quantitative estimate of drug-likeness (QED) is 0.101. The highest BCUT2D eigenvalue weighted by Gasteiger charge is 2.16. The lowest BCUT2D eigenvalue weighted by atomic mass is 10.0. The fraction of sp³-hybridized carbons (Fsp3) is 0.367. The number of hydrogen-bond donors (Lipinski definition) is 7. The van der Waals surface area contributed by atoms with Gasteiger partial charge in [0.2, 0.25) is 5.91 Å². The van der Waals surface area contributed by atoms with Crippen molar-refractivity contribution in [2.45, 2.75) is 43.8 Å². The second kappa shape index (κ2) is 15.7. The summed E-state index contributed by atoms with van der Waals surface area (Å²) >= 11 is 0. The molecule has 39 heavy (non-hydrogen) atoms. The molecule has 9 nitrogen and oxygen atoms in total. The number of benzene rings is 3. The van der Waals surface area contributed by atoms with Crippen LogP contribution in [-0.2, 0) is 24.1 Å². The van der Waals surface area contributed by atoms with Crippen LogP contribution in [0.25, 0.3) is 0 Å². The van der Waals surface area contributed by atoms with Crippen LogP contribution >= 0.6 is 0 Å². The molecule has 210 valence electrons. The van der Waals surface area contributed by atoms with Crippen LogP contribution in [0, 0.1) is 0 Å². The minimum atomic E-state index is -0.337. The normalized spacial score (nSPS) is 13.6. The Morgan fingerprint density at radius 2 is 1.18 bits per heavy atom. The number of rotatable bonds is 17. The van der Waals surface area contributed by atoms with Crippen molar-refractivity contribution in [3.8, 4) is 17.2 Å². The van der Waals surface area contributed by atoms with Crippen molar-refractivity contribution in [2.75, 3.05) is 26.2 Å². The molecular weight excluding hydrogens is 494 g/mol. The van der Waals surface area contributed by atoms with Gasteiger partial charge in [-0.15, -0.1) is 0 Å². The molecule has 0 aliphatic rings. The number of phenolic OH excluding ortho intramolecular Hbond substituents is 2. The SMILES string of the molecule is NC(=O)CCNC[C@H](Cc1ccc(O)cc1)NC[C@H](Cc1ccc(O)cc1)NC[C@@H](N)Cc1ccc([OH2+])cc1. The Kier molecular flexibility index (Phi) is 12.0. The molecule has 0 unspecified atom stereocenters. The highest BCUT2D eigenvalue weighted by atomic mass is 16.3. The van der Waals surface area contributed by atoms with E-state index in [-0.39, 0.29) is 42.0 Å². The molecule has 0 saturated heterocycles. The first-order valence-corrected chi connectivity index (χ1v) is 13.3. The molecule has 9 heteroatoms. The third kappa shape index (κ3) is 11.7. The zero-order valence-electron chi connectivity index (χ0n) is 22.3. The largest absolute Gasteiger partial charge is 0.593 e. The third-order valence-corrected chi connectivity index (χ3v) is 6.55. The second-order valence-corrected chi connectivity index (χ2v) is 10.0. The van der Waals surface area contributed by atoms with Gasteiger partial charge in [-0.05, 0) is 72.4 Å². The van der Waals surface area contributed by atoms with Crippen molar-refractivity contribution >= 4 is 5.91 Å². The minimum absolute atomic E-state index is 0.0728. The highest BCUT2D eigenvalue weighted by molar-refractivity contribution is 5.73. The Hall–Kier alpha value is -3.63. The summed E-state index contributed by atoms with van der Waals surface area (Å²) in [5, 5.41) is 37.6. The van der Waals surface area contributed by atoms with Crippen LogP contribution in [0.1, 0.15) is 23.1 Å². The van der Waals surface area contributed by atoms with Crippen molar-refractivity contribution in [1.29, 1.82) is 0 Å². The lowest BCUT2D eigenvalue weighted by Crippen LogP contribution is -2.50. The van der Waals surface area contributed by atoms with E-state index in [1.807, 2.05) is 36.4 Å². The van der Waals surface area contributed by atoms with Crippen molar-refractivity contribution in [2.24, 2.45) is 11.5 Å². The number of aromatic hydroxyl groups is 2. The van der Waals surface area contributed by atoms with E-state index in [1.54, 1.807) is 36.4 Å². The van der Waals surface area contributed by atoms with E-state index < -0.39 is 0 Å². The van der Waals surface area contributed by atoms with Crippen molar-refractivity contribution in [1.82, 2.24) is 16.0 Å². The first-order valence-electron chi connectivity index (χ1n) is 13.3. The molecule has 3 aromatic rings. The van der Waals surface area contributed by atoms with Gasteiger partial charge in [0.15, 0.2) is 0 Å². The first kappa shape index (κ1) is 29.9. The van der Waals surface area contributed by atoms with Gasteiger partial charge in [-0.25, -0.2) is 0 Å². The predicted molar refractivity (Wildman–Crippen MR) is 155 cm³/mol. The number of primary amides is 1. The Bertz CT molecular complexity index is 1120. The molecule has 3 rings (SSSR count). The van der Waals surface area contributed by atoms with Gasteiger partial charge in [0.25, 0.3) is 5.75 Å². The molecule has 1 amide bonds. The number of nitrogens with two attached hydrogens (primary N) is 2. The van der Waals surface area contributed by atoms with E-state index in [0.29, 0.717) is 38.3 Å². The predicted octanol–water partition coefficient (Wildman–Crippen LogP) is 1.27. The molecule has 0 fully saturated rings. The van der Waals surface area contributed by atoms with E-state index in [9.17, 15) is 15.0 Å². The summed E-state index contributed by atoms with van der Waals surface area (Å²) in [6, 6.07) is 21.9. The van der Waals surface area contributed by atoms with Crippen LogP contribution in [0.2, 0.25) is 0 Å². The summed E-state index contributed by atoms with van der Waals surface area (Å²) in [5.74, 6) is 0.609. The lowest BCUT2D eigenvalue weighted by Gasteiger charge is -2.26. The number of nitrogens with one attached hydrogen (secondary N) is 3. The number of carbonyl (C=O) groups excluding carboxylic acids is 1. The van der Waals surface area contributed by atoms with Gasteiger partial charge in [0.1, 0.15) is 11.5 Å². The molecule has 0 heterocycles. The van der Waals surface area contributed by atoms with Crippen LogP contribution in [0.15, 0.2) is 72.8 Å². The topological polar surface area (TPSA) is 169 Å². The maximum Gasteiger partial charge on any atom is 0.253 e. The minimum Gasteiger partial charge on any atom is -0.593 e. The van der Waals surface area contributed by atoms with Gasteiger partial charge in [0.05, 0.1) is 0 Å². The third-order valence-electron chi connectivity index (χ3n) is 6.55. The van der Waals surface area contributed by atoms with Gasteiger partial charge >= 0.3 is 0 Å². The average Bonchev–Trinajstić information content (AvgIpc) is 2.91. The standard InChI is InChI=1S/C30H41N5O4/c31-24(15-21-1-7-27(36)8-2-21)18-34-26(17-23-5-11-29(38)12-6-23)20-35-25(19-33-14-13-30(32)39)16-22-3-9-28(37)10-4-22/h1-12,24-26,33-38H,13-20,31H2,(H2,32,39)/p+1/t24-,25-,26-/m0/s1. The number of amides is 1. The summed E-state index contributed by atoms with van der Waals surface area (Å²) < 4.78 is 0. The fourth-order valence-corrected chi connectivity index (χ4v) is 4.40. The van der Waals surface area contributed by atoms with Crippen LogP contribution in [0.3, 0.4) is 0 Å². The monoisotopic (exact) mass is 536 g/mol. The van der Waals surface area contributed by atoms with Crippen LogP contribution in [0.5, 0.6) is 17.2 Å². The molecule has 0 saturated carbocycles. The van der Waals surface area contributed by atoms with E-state index in [0.717, 1.165) is 29.5 Å². The van der Waals surface area contributed by atoms with E-state index in [1.165, 1.54) is 0 Å². The Morgan fingerprint density at radius 1 is 0.718 bits per heavy atom. The summed E-state index contributed by atoms with van der Waals surface area (Å²) in [6.07, 6.45) is 2.47. The maximum absolute atomic E-state index is 11.1. The molecular formula is C30H42N5O4+. The Labute approximate surface area is 230 Å².